The average molecular weight is 352 g/mol. The van der Waals surface area contributed by atoms with E-state index in [1.54, 1.807) is 0 Å². The average Bonchev–Trinajstić information content (AvgIpc) is 3.07. The highest BCUT2D eigenvalue weighted by Gasteiger charge is 2.23. The van der Waals surface area contributed by atoms with Gasteiger partial charge in [0.2, 0.25) is 0 Å². The molecule has 0 unspecified atom stereocenters. The number of oxazole rings is 1. The summed E-state index contributed by atoms with van der Waals surface area (Å²) in [4.78, 5) is 30.4. The summed E-state index contributed by atoms with van der Waals surface area (Å²) in [6, 6.07) is 15.4. The van der Waals surface area contributed by atoms with Crippen molar-refractivity contribution in [2.24, 2.45) is 0 Å². The second kappa shape index (κ2) is 6.95. The Morgan fingerprint density at radius 2 is 1.81 bits per heavy atom. The molecule has 3 aromatic rings. The number of amides is 2. The smallest absolute Gasteiger partial charge is 0.406 e. The lowest BCUT2D eigenvalue weighted by Crippen LogP contribution is -2.51. The van der Waals surface area contributed by atoms with Crippen LogP contribution in [0.4, 0.5) is 10.5 Å². The zero-order chi connectivity index (χ0) is 17.9. The maximum absolute atomic E-state index is 12.4. The van der Waals surface area contributed by atoms with Crippen LogP contribution in [0.1, 0.15) is 5.56 Å². The van der Waals surface area contributed by atoms with Gasteiger partial charge in [0.25, 0.3) is 0 Å². The molecule has 7 nitrogen and oxygen atoms in total. The van der Waals surface area contributed by atoms with E-state index in [9.17, 15) is 9.59 Å². The Morgan fingerprint density at radius 3 is 2.58 bits per heavy atom. The summed E-state index contributed by atoms with van der Waals surface area (Å²) < 4.78 is 5.27. The number of carbonyl (C=O) groups excluding carboxylic acids is 1. The minimum absolute atomic E-state index is 0.0557. The molecule has 134 valence electrons. The number of anilines is 1. The highest BCUT2D eigenvalue weighted by molar-refractivity contribution is 5.86. The van der Waals surface area contributed by atoms with Crippen molar-refractivity contribution in [2.45, 2.75) is 6.54 Å². The number of benzene rings is 2. The van der Waals surface area contributed by atoms with Crippen LogP contribution in [0.25, 0.3) is 11.1 Å². The molecule has 1 aromatic heterocycles. The van der Waals surface area contributed by atoms with Crippen LogP contribution in [0.15, 0.2) is 57.7 Å². The van der Waals surface area contributed by atoms with Gasteiger partial charge in [-0.25, -0.2) is 9.59 Å². The van der Waals surface area contributed by atoms with E-state index >= 15 is 0 Å². The molecule has 0 spiro atoms. The van der Waals surface area contributed by atoms with Gasteiger partial charge in [0.05, 0.1) is 11.2 Å². The molecule has 26 heavy (non-hydrogen) atoms. The highest BCUT2D eigenvalue weighted by atomic mass is 16.4. The minimum Gasteiger partial charge on any atom is -0.406 e. The number of aromatic amines is 1. The number of nitrogens with zero attached hydrogens (tertiary/aromatic N) is 2. The first-order chi connectivity index (χ1) is 12.7. The first-order valence-electron chi connectivity index (χ1n) is 8.64. The SMILES string of the molecule is O=C(NCc1ccccc1)N1CCN(c2cccc3[nH]c(=O)oc23)CC1. The van der Waals surface area contributed by atoms with E-state index < -0.39 is 5.76 Å². The van der Waals surface area contributed by atoms with Gasteiger partial charge in [-0.15, -0.1) is 0 Å². The summed E-state index contributed by atoms with van der Waals surface area (Å²) in [5.41, 5.74) is 3.22. The van der Waals surface area contributed by atoms with Crippen molar-refractivity contribution in [1.82, 2.24) is 15.2 Å². The van der Waals surface area contributed by atoms with E-state index in [1.807, 2.05) is 53.4 Å². The van der Waals surface area contributed by atoms with Crippen molar-refractivity contribution < 1.29 is 9.21 Å². The number of para-hydroxylation sites is 1. The molecular weight excluding hydrogens is 332 g/mol. The fourth-order valence-electron chi connectivity index (χ4n) is 3.24. The molecule has 1 fully saturated rings. The lowest BCUT2D eigenvalue weighted by Gasteiger charge is -2.35. The van der Waals surface area contributed by atoms with Gasteiger partial charge in [-0.05, 0) is 17.7 Å². The number of nitrogens with one attached hydrogen (secondary N) is 2. The molecule has 2 N–H and O–H groups in total. The summed E-state index contributed by atoms with van der Waals surface area (Å²) in [5, 5.41) is 2.96. The zero-order valence-corrected chi connectivity index (χ0v) is 14.3. The molecular formula is C19H20N4O3. The molecule has 0 aliphatic carbocycles. The Bertz CT molecular complexity index is 956. The van der Waals surface area contributed by atoms with Crippen molar-refractivity contribution in [3.8, 4) is 0 Å². The maximum atomic E-state index is 12.4. The molecule has 0 radical (unpaired) electrons. The fraction of sp³-hybridized carbons (Fsp3) is 0.263. The van der Waals surface area contributed by atoms with Crippen molar-refractivity contribution in [3.63, 3.8) is 0 Å². The normalized spacial score (nSPS) is 14.6. The number of fused-ring (bicyclic) bond motifs is 1. The van der Waals surface area contributed by atoms with Crippen molar-refractivity contribution in [2.75, 3.05) is 31.1 Å². The Morgan fingerprint density at radius 1 is 1.04 bits per heavy atom. The van der Waals surface area contributed by atoms with Gasteiger partial charge in [0.15, 0.2) is 5.58 Å². The summed E-state index contributed by atoms with van der Waals surface area (Å²) in [6.07, 6.45) is 0. The lowest BCUT2D eigenvalue weighted by molar-refractivity contribution is 0.194. The molecule has 0 saturated carbocycles. The first kappa shape index (κ1) is 16.3. The van der Waals surface area contributed by atoms with Gasteiger partial charge in [0.1, 0.15) is 0 Å². The summed E-state index contributed by atoms with van der Waals surface area (Å²) in [7, 11) is 0. The van der Waals surface area contributed by atoms with Gasteiger partial charge < -0.3 is 19.5 Å². The molecule has 2 aromatic carbocycles. The van der Waals surface area contributed by atoms with Crippen LogP contribution in [-0.2, 0) is 6.54 Å². The topological polar surface area (TPSA) is 81.6 Å². The molecule has 2 amide bonds. The quantitative estimate of drug-likeness (QED) is 0.757. The highest BCUT2D eigenvalue weighted by Crippen LogP contribution is 2.25. The Kier molecular flexibility index (Phi) is 4.35. The maximum Gasteiger partial charge on any atom is 0.417 e. The molecule has 1 saturated heterocycles. The van der Waals surface area contributed by atoms with Crippen molar-refractivity contribution in [1.29, 1.82) is 0 Å². The summed E-state index contributed by atoms with van der Waals surface area (Å²) in [6.45, 7) is 3.13. The predicted molar refractivity (Wildman–Crippen MR) is 99.3 cm³/mol. The third-order valence-corrected chi connectivity index (χ3v) is 4.62. The first-order valence-corrected chi connectivity index (χ1v) is 8.64. The fourth-order valence-corrected chi connectivity index (χ4v) is 3.24. The van der Waals surface area contributed by atoms with E-state index in [-0.39, 0.29) is 6.03 Å². The van der Waals surface area contributed by atoms with Gasteiger partial charge in [-0.3, -0.25) is 4.98 Å². The molecule has 7 heteroatoms. The van der Waals surface area contributed by atoms with Crippen molar-refractivity contribution in [3.05, 3.63) is 64.6 Å². The van der Waals surface area contributed by atoms with Gasteiger partial charge in [-0.1, -0.05) is 36.4 Å². The Hall–Kier alpha value is -3.22. The molecule has 0 atom stereocenters. The number of H-pyrrole nitrogens is 1. The van der Waals surface area contributed by atoms with Gasteiger partial charge in [-0.2, -0.15) is 0 Å². The number of hydrogen-bond donors (Lipinski definition) is 2. The van der Waals surface area contributed by atoms with E-state index in [0.717, 1.165) is 11.3 Å². The zero-order valence-electron chi connectivity index (χ0n) is 14.3. The van der Waals surface area contributed by atoms with Crippen LogP contribution < -0.4 is 16.0 Å². The van der Waals surface area contributed by atoms with Crippen molar-refractivity contribution >= 4 is 22.8 Å². The monoisotopic (exact) mass is 352 g/mol. The minimum atomic E-state index is -0.452. The molecule has 2 heterocycles. The summed E-state index contributed by atoms with van der Waals surface area (Å²) in [5.74, 6) is -0.452. The number of piperazine rings is 1. The third kappa shape index (κ3) is 3.28. The molecule has 0 bridgehead atoms. The second-order valence-corrected chi connectivity index (χ2v) is 6.29. The van der Waals surface area contributed by atoms with Crippen LogP contribution in [0.3, 0.4) is 0 Å². The number of carbonyl (C=O) groups is 1. The number of urea groups is 1. The van der Waals surface area contributed by atoms with Gasteiger partial charge in [0, 0.05) is 32.7 Å². The number of hydrogen-bond acceptors (Lipinski definition) is 4. The van der Waals surface area contributed by atoms with E-state index in [1.165, 1.54) is 0 Å². The van der Waals surface area contributed by atoms with Gasteiger partial charge >= 0.3 is 11.8 Å². The summed E-state index contributed by atoms with van der Waals surface area (Å²) >= 11 is 0. The predicted octanol–water partition coefficient (Wildman–Crippen LogP) is 2.15. The van der Waals surface area contributed by atoms with E-state index in [0.29, 0.717) is 43.8 Å². The van der Waals surface area contributed by atoms with Crippen LogP contribution in [-0.4, -0.2) is 42.1 Å². The van der Waals surface area contributed by atoms with E-state index in [4.69, 9.17) is 4.42 Å². The van der Waals surface area contributed by atoms with E-state index in [2.05, 4.69) is 15.2 Å². The lowest BCUT2D eigenvalue weighted by atomic mass is 10.2. The largest absolute Gasteiger partial charge is 0.417 e. The van der Waals surface area contributed by atoms with Crippen LogP contribution >= 0.6 is 0 Å². The third-order valence-electron chi connectivity index (χ3n) is 4.62. The molecule has 4 rings (SSSR count). The molecule has 1 aliphatic rings. The number of aromatic nitrogens is 1. The van der Waals surface area contributed by atoms with Crippen LogP contribution in [0.2, 0.25) is 0 Å². The standard InChI is InChI=1S/C19H20N4O3/c24-18(20-13-14-5-2-1-3-6-14)23-11-9-22(10-12-23)16-8-4-7-15-17(16)26-19(25)21-15/h1-8H,9-13H2,(H,20,24)(H,21,25). The van der Waals surface area contributed by atoms with Crippen LogP contribution in [0, 0.1) is 0 Å². The molecule has 1 aliphatic heterocycles. The number of rotatable bonds is 3. The Balaban J connectivity index is 1.37. The second-order valence-electron chi connectivity index (χ2n) is 6.29. The van der Waals surface area contributed by atoms with Crippen LogP contribution in [0.5, 0.6) is 0 Å². The Labute approximate surface area is 150 Å².